The summed E-state index contributed by atoms with van der Waals surface area (Å²) in [6, 6.07) is 10.2. The van der Waals surface area contributed by atoms with Crippen LogP contribution >= 0.6 is 0 Å². The number of hydrogen-bond donors (Lipinski definition) is 3. The Morgan fingerprint density at radius 1 is 1.25 bits per heavy atom. The lowest BCUT2D eigenvalue weighted by Crippen LogP contribution is -2.52. The summed E-state index contributed by atoms with van der Waals surface area (Å²) < 4.78 is 0. The van der Waals surface area contributed by atoms with Crippen molar-refractivity contribution in [1.82, 2.24) is 5.32 Å². The van der Waals surface area contributed by atoms with Gasteiger partial charge in [0.25, 0.3) is 0 Å². The summed E-state index contributed by atoms with van der Waals surface area (Å²) in [7, 11) is 0. The Hall–Kier alpha value is -1.81. The van der Waals surface area contributed by atoms with E-state index in [1.807, 2.05) is 18.2 Å². The molecule has 0 fully saturated rings. The molecule has 16 heavy (non-hydrogen) atoms. The van der Waals surface area contributed by atoms with Crippen LogP contribution in [0.25, 0.3) is 0 Å². The Morgan fingerprint density at radius 3 is 2.69 bits per heavy atom. The molecule has 1 heterocycles. The third-order valence-corrected chi connectivity index (χ3v) is 2.55. The highest BCUT2D eigenvalue weighted by Gasteiger charge is 2.23. The van der Waals surface area contributed by atoms with Crippen molar-refractivity contribution in [2.45, 2.75) is 18.6 Å². The smallest absolute Gasteiger partial charge is 0.184 e. The van der Waals surface area contributed by atoms with E-state index in [4.69, 9.17) is 11.5 Å². The monoisotopic (exact) mass is 216 g/mol. The Morgan fingerprint density at radius 2 is 2.00 bits per heavy atom. The highest BCUT2D eigenvalue weighted by atomic mass is 15.3. The maximum Gasteiger partial charge on any atom is 0.184 e. The van der Waals surface area contributed by atoms with E-state index in [0.717, 1.165) is 6.42 Å². The van der Waals surface area contributed by atoms with Gasteiger partial charge in [-0.25, -0.2) is 4.99 Å². The summed E-state index contributed by atoms with van der Waals surface area (Å²) in [5, 5.41) is 3.03. The molecule has 4 heteroatoms. The van der Waals surface area contributed by atoms with E-state index in [9.17, 15) is 0 Å². The Kier molecular flexibility index (Phi) is 2.92. The predicted molar refractivity (Wildman–Crippen MR) is 65.6 cm³/mol. The van der Waals surface area contributed by atoms with Crippen molar-refractivity contribution in [3.8, 4) is 0 Å². The van der Waals surface area contributed by atoms with Crippen molar-refractivity contribution < 1.29 is 0 Å². The van der Waals surface area contributed by atoms with Gasteiger partial charge in [0.05, 0.1) is 0 Å². The maximum absolute atomic E-state index is 6.07. The van der Waals surface area contributed by atoms with E-state index < -0.39 is 5.79 Å². The molecule has 4 nitrogen and oxygen atoms in total. The van der Waals surface area contributed by atoms with Crippen molar-refractivity contribution in [2.24, 2.45) is 16.5 Å². The molecule has 0 bridgehead atoms. The van der Waals surface area contributed by atoms with Crippen LogP contribution in [-0.4, -0.2) is 11.6 Å². The van der Waals surface area contributed by atoms with Crippen LogP contribution < -0.4 is 16.8 Å². The number of hydrogen-bond acceptors (Lipinski definition) is 4. The molecule has 0 spiro atoms. The quantitative estimate of drug-likeness (QED) is 0.696. The summed E-state index contributed by atoms with van der Waals surface area (Å²) in [5.41, 5.74) is 12.9. The summed E-state index contributed by atoms with van der Waals surface area (Å²) >= 11 is 0. The number of rotatable bonds is 3. The molecule has 0 amide bonds. The lowest BCUT2D eigenvalue weighted by molar-refractivity contribution is 0.364. The van der Waals surface area contributed by atoms with Crippen LogP contribution in [0, 0.1) is 0 Å². The zero-order valence-corrected chi connectivity index (χ0v) is 9.06. The van der Waals surface area contributed by atoms with Gasteiger partial charge in [0.2, 0.25) is 0 Å². The van der Waals surface area contributed by atoms with Crippen molar-refractivity contribution in [1.29, 1.82) is 0 Å². The van der Waals surface area contributed by atoms with Crippen molar-refractivity contribution in [3.63, 3.8) is 0 Å². The van der Waals surface area contributed by atoms with E-state index in [-0.39, 0.29) is 0 Å². The molecule has 1 aromatic rings. The minimum atomic E-state index is -0.769. The number of aliphatic imine (C=N–C) groups is 1. The van der Waals surface area contributed by atoms with Gasteiger partial charge in [-0.15, -0.1) is 0 Å². The first-order valence-corrected chi connectivity index (χ1v) is 5.30. The molecular formula is C12H16N4. The summed E-state index contributed by atoms with van der Waals surface area (Å²) in [4.78, 5) is 4.20. The van der Waals surface area contributed by atoms with Gasteiger partial charge in [0.15, 0.2) is 5.79 Å². The summed E-state index contributed by atoms with van der Waals surface area (Å²) in [6.07, 6.45) is 5.03. The number of aryl methyl sites for hydroxylation is 1. The predicted octanol–water partition coefficient (Wildman–Crippen LogP) is 0.706. The number of nitrogens with two attached hydrogens (primary N) is 2. The second-order valence-corrected chi connectivity index (χ2v) is 3.92. The normalized spacial score (nSPS) is 23.7. The van der Waals surface area contributed by atoms with Gasteiger partial charge < -0.3 is 11.1 Å². The van der Waals surface area contributed by atoms with Crippen LogP contribution in [0.3, 0.4) is 0 Å². The molecule has 2 rings (SSSR count). The zero-order chi connectivity index (χ0) is 11.4. The first kappa shape index (κ1) is 10.7. The molecule has 1 unspecified atom stereocenters. The Balaban J connectivity index is 1.98. The first-order chi connectivity index (χ1) is 7.68. The molecule has 0 radical (unpaired) electrons. The lowest BCUT2D eigenvalue weighted by atomic mass is 10.1. The lowest BCUT2D eigenvalue weighted by Gasteiger charge is -2.28. The average Bonchev–Trinajstić information content (AvgIpc) is 2.28. The van der Waals surface area contributed by atoms with Crippen molar-refractivity contribution in [3.05, 3.63) is 48.2 Å². The Labute approximate surface area is 95.1 Å². The second kappa shape index (κ2) is 4.37. The molecule has 0 aliphatic carbocycles. The molecule has 5 N–H and O–H groups in total. The zero-order valence-electron chi connectivity index (χ0n) is 9.06. The molecule has 1 aromatic carbocycles. The molecule has 0 saturated carbocycles. The largest absolute Gasteiger partial charge is 0.384 e. The fourth-order valence-corrected chi connectivity index (χ4v) is 1.68. The van der Waals surface area contributed by atoms with Crippen LogP contribution in [0.5, 0.6) is 0 Å². The first-order valence-electron chi connectivity index (χ1n) is 5.30. The average molecular weight is 216 g/mol. The van der Waals surface area contributed by atoms with Gasteiger partial charge in [-0.05, 0) is 18.1 Å². The van der Waals surface area contributed by atoms with Gasteiger partial charge in [-0.3, -0.25) is 5.73 Å². The van der Waals surface area contributed by atoms with Gasteiger partial charge in [0.1, 0.15) is 5.84 Å². The van der Waals surface area contributed by atoms with Crippen molar-refractivity contribution in [2.75, 3.05) is 0 Å². The SMILES string of the molecule is NC1=NC(N)(CCc2ccccc2)NC=C1. The van der Waals surface area contributed by atoms with Gasteiger partial charge >= 0.3 is 0 Å². The van der Waals surface area contributed by atoms with Crippen LogP contribution in [0.15, 0.2) is 47.6 Å². The molecule has 0 aromatic heterocycles. The third kappa shape index (κ3) is 2.61. The van der Waals surface area contributed by atoms with Crippen molar-refractivity contribution >= 4 is 5.84 Å². The van der Waals surface area contributed by atoms with Gasteiger partial charge in [-0.1, -0.05) is 30.3 Å². The molecule has 84 valence electrons. The highest BCUT2D eigenvalue weighted by molar-refractivity contribution is 5.92. The molecule has 1 aliphatic heterocycles. The van der Waals surface area contributed by atoms with Crippen LogP contribution in [0.2, 0.25) is 0 Å². The number of nitrogens with one attached hydrogen (secondary N) is 1. The number of amidine groups is 1. The second-order valence-electron chi connectivity index (χ2n) is 3.92. The molecule has 1 atom stereocenters. The summed E-state index contributed by atoms with van der Waals surface area (Å²) in [5.74, 6) is -0.302. The van der Waals surface area contributed by atoms with Gasteiger partial charge in [0, 0.05) is 12.6 Å². The number of nitrogens with zero attached hydrogens (tertiary/aromatic N) is 1. The topological polar surface area (TPSA) is 76.4 Å². The van der Waals surface area contributed by atoms with Crippen LogP contribution in [0.4, 0.5) is 0 Å². The molecule has 1 aliphatic rings. The highest BCUT2D eigenvalue weighted by Crippen LogP contribution is 2.13. The molecular weight excluding hydrogens is 200 g/mol. The van der Waals surface area contributed by atoms with Crippen LogP contribution in [-0.2, 0) is 6.42 Å². The standard InChI is InChI=1S/C12H16N4/c13-11-7-9-15-12(14,16-11)8-6-10-4-2-1-3-5-10/h1-5,7,9,15H,6,8,14H2,(H2,13,16). The fourth-order valence-electron chi connectivity index (χ4n) is 1.68. The van der Waals surface area contributed by atoms with E-state index in [1.54, 1.807) is 12.3 Å². The summed E-state index contributed by atoms with van der Waals surface area (Å²) in [6.45, 7) is 0. The van der Waals surface area contributed by atoms with E-state index in [0.29, 0.717) is 12.3 Å². The van der Waals surface area contributed by atoms with E-state index in [2.05, 4.69) is 22.4 Å². The third-order valence-electron chi connectivity index (χ3n) is 2.55. The van der Waals surface area contributed by atoms with Gasteiger partial charge in [-0.2, -0.15) is 0 Å². The van der Waals surface area contributed by atoms with E-state index >= 15 is 0 Å². The van der Waals surface area contributed by atoms with E-state index in [1.165, 1.54) is 5.56 Å². The molecule has 0 saturated heterocycles. The maximum atomic E-state index is 6.07. The minimum absolute atomic E-state index is 0.467. The Bertz CT molecular complexity index is 410. The fraction of sp³-hybridized carbons (Fsp3) is 0.250. The minimum Gasteiger partial charge on any atom is -0.384 e. The number of benzene rings is 1. The van der Waals surface area contributed by atoms with Crippen LogP contribution in [0.1, 0.15) is 12.0 Å².